The topological polar surface area (TPSA) is 52.6 Å². The molecule has 0 saturated heterocycles. The molecule has 0 aliphatic heterocycles. The van der Waals surface area contributed by atoms with Crippen LogP contribution in [-0.2, 0) is 12.8 Å². The summed E-state index contributed by atoms with van der Waals surface area (Å²) in [5.74, 6) is 1.00. The van der Waals surface area contributed by atoms with Crippen LogP contribution in [0.4, 0.5) is 0 Å². The predicted octanol–water partition coefficient (Wildman–Crippen LogP) is 3.26. The fraction of sp³-hybridized carbons (Fsp3) is 0.300. The lowest BCUT2D eigenvalue weighted by molar-refractivity contribution is 0.0655. The lowest BCUT2D eigenvalue weighted by Gasteiger charge is -2.32. The number of carbonyl (C=O) groups is 2. The molecule has 0 heterocycles. The summed E-state index contributed by atoms with van der Waals surface area (Å²) in [6.07, 6.45) is 1.72. The van der Waals surface area contributed by atoms with Gasteiger partial charge < -0.3 is 9.47 Å². The molecule has 0 aromatic heterocycles. The van der Waals surface area contributed by atoms with Gasteiger partial charge in [0.25, 0.3) is 0 Å². The van der Waals surface area contributed by atoms with Crippen LogP contribution in [0.25, 0.3) is 0 Å². The molecule has 24 heavy (non-hydrogen) atoms. The van der Waals surface area contributed by atoms with Gasteiger partial charge >= 0.3 is 0 Å². The van der Waals surface area contributed by atoms with Gasteiger partial charge in [-0.1, -0.05) is 24.3 Å². The van der Waals surface area contributed by atoms with Crippen molar-refractivity contribution >= 4 is 11.6 Å². The summed E-state index contributed by atoms with van der Waals surface area (Å²) >= 11 is 0. The summed E-state index contributed by atoms with van der Waals surface area (Å²) in [4.78, 5) is 26.3. The van der Waals surface area contributed by atoms with E-state index < -0.39 is 5.41 Å². The standard InChI is InChI=1S/C20H18O4/c1-23-16-9-12-7-8-20(19(22)15(12)10-17(16)24-2)11-13-5-3-4-6-14(13)18(20)21/h3-6,9-10H,7-8,11H2,1-2H3/t20-/m0/s1. The molecule has 0 unspecified atom stereocenters. The quantitative estimate of drug-likeness (QED) is 0.796. The normalized spacial score (nSPS) is 21.6. The van der Waals surface area contributed by atoms with Crippen LogP contribution in [-0.4, -0.2) is 25.8 Å². The van der Waals surface area contributed by atoms with Crippen LogP contribution in [0.15, 0.2) is 36.4 Å². The van der Waals surface area contributed by atoms with E-state index in [2.05, 4.69) is 0 Å². The van der Waals surface area contributed by atoms with Gasteiger partial charge in [0.1, 0.15) is 5.41 Å². The average molecular weight is 322 g/mol. The van der Waals surface area contributed by atoms with Crippen molar-refractivity contribution in [2.45, 2.75) is 19.3 Å². The molecule has 0 fully saturated rings. The van der Waals surface area contributed by atoms with E-state index in [1.54, 1.807) is 20.3 Å². The van der Waals surface area contributed by atoms with Crippen LogP contribution in [0, 0.1) is 5.41 Å². The summed E-state index contributed by atoms with van der Waals surface area (Å²) in [6, 6.07) is 11.1. The minimum atomic E-state index is -0.948. The smallest absolute Gasteiger partial charge is 0.177 e. The molecule has 4 heteroatoms. The van der Waals surface area contributed by atoms with Crippen molar-refractivity contribution in [1.29, 1.82) is 0 Å². The molecule has 0 saturated carbocycles. The van der Waals surface area contributed by atoms with E-state index in [-0.39, 0.29) is 11.6 Å². The highest BCUT2D eigenvalue weighted by Gasteiger charge is 2.53. The second kappa shape index (κ2) is 5.20. The molecule has 2 aliphatic rings. The highest BCUT2D eigenvalue weighted by Crippen LogP contribution is 2.47. The average Bonchev–Trinajstić information content (AvgIpc) is 2.91. The highest BCUT2D eigenvalue weighted by molar-refractivity contribution is 6.23. The summed E-state index contributed by atoms with van der Waals surface area (Å²) < 4.78 is 10.7. The summed E-state index contributed by atoms with van der Waals surface area (Å²) in [6.45, 7) is 0. The Morgan fingerprint density at radius 3 is 2.25 bits per heavy atom. The zero-order chi connectivity index (χ0) is 16.9. The first-order valence-corrected chi connectivity index (χ1v) is 8.03. The zero-order valence-electron chi connectivity index (χ0n) is 13.7. The summed E-state index contributed by atoms with van der Waals surface area (Å²) in [7, 11) is 3.12. The van der Waals surface area contributed by atoms with Crippen molar-refractivity contribution in [1.82, 2.24) is 0 Å². The lowest BCUT2D eigenvalue weighted by atomic mass is 9.68. The maximum absolute atomic E-state index is 13.3. The highest BCUT2D eigenvalue weighted by atomic mass is 16.5. The van der Waals surface area contributed by atoms with E-state index >= 15 is 0 Å². The molecule has 1 atom stereocenters. The van der Waals surface area contributed by atoms with Crippen LogP contribution in [0.1, 0.15) is 38.3 Å². The van der Waals surface area contributed by atoms with Gasteiger partial charge in [-0.3, -0.25) is 9.59 Å². The van der Waals surface area contributed by atoms with Crippen molar-refractivity contribution in [3.8, 4) is 11.5 Å². The number of hydrogen-bond acceptors (Lipinski definition) is 4. The van der Waals surface area contributed by atoms with Crippen LogP contribution in [0.3, 0.4) is 0 Å². The van der Waals surface area contributed by atoms with Crippen molar-refractivity contribution < 1.29 is 19.1 Å². The third-order valence-corrected chi connectivity index (χ3v) is 5.30. The Morgan fingerprint density at radius 1 is 0.875 bits per heavy atom. The van der Waals surface area contributed by atoms with E-state index in [4.69, 9.17) is 9.47 Å². The Morgan fingerprint density at radius 2 is 1.54 bits per heavy atom. The monoisotopic (exact) mass is 322 g/mol. The Labute approximate surface area is 140 Å². The van der Waals surface area contributed by atoms with Crippen molar-refractivity contribution in [3.63, 3.8) is 0 Å². The summed E-state index contributed by atoms with van der Waals surface area (Å²) in [5, 5.41) is 0. The Balaban J connectivity index is 1.82. The largest absolute Gasteiger partial charge is 0.493 e. The fourth-order valence-corrected chi connectivity index (χ4v) is 4.00. The molecule has 2 aromatic carbocycles. The second-order valence-electron chi connectivity index (χ2n) is 6.44. The third kappa shape index (κ3) is 1.86. The van der Waals surface area contributed by atoms with E-state index in [0.29, 0.717) is 41.9 Å². The molecular formula is C20H18O4. The number of ketones is 2. The number of carbonyl (C=O) groups excluding carboxylic acids is 2. The first-order valence-electron chi connectivity index (χ1n) is 8.03. The number of Topliss-reactive ketones (excluding diaryl/α,β-unsaturated/α-hetero) is 2. The van der Waals surface area contributed by atoms with Gasteiger partial charge in [-0.25, -0.2) is 0 Å². The van der Waals surface area contributed by atoms with Gasteiger partial charge in [0, 0.05) is 11.1 Å². The number of methoxy groups -OCH3 is 2. The molecule has 1 spiro atoms. The number of rotatable bonds is 2. The Hall–Kier alpha value is -2.62. The molecule has 0 bridgehead atoms. The lowest BCUT2D eigenvalue weighted by Crippen LogP contribution is -2.41. The van der Waals surface area contributed by atoms with Crippen LogP contribution in [0.2, 0.25) is 0 Å². The van der Waals surface area contributed by atoms with Crippen LogP contribution < -0.4 is 9.47 Å². The van der Waals surface area contributed by atoms with Crippen molar-refractivity contribution in [3.05, 3.63) is 58.7 Å². The number of ether oxygens (including phenoxy) is 2. The summed E-state index contributed by atoms with van der Waals surface area (Å²) in [5.41, 5.74) is 2.22. The molecule has 0 radical (unpaired) electrons. The zero-order valence-corrected chi connectivity index (χ0v) is 13.7. The first kappa shape index (κ1) is 14.9. The van der Waals surface area contributed by atoms with Crippen molar-refractivity contribution in [2.24, 2.45) is 5.41 Å². The molecule has 4 rings (SSSR count). The molecule has 4 nitrogen and oxygen atoms in total. The molecule has 0 amide bonds. The minimum absolute atomic E-state index is 0.0384. The molecular weight excluding hydrogens is 304 g/mol. The number of aryl methyl sites for hydroxylation is 1. The molecule has 122 valence electrons. The van der Waals surface area contributed by atoms with Gasteiger partial charge in [-0.2, -0.15) is 0 Å². The van der Waals surface area contributed by atoms with E-state index in [1.165, 1.54) is 0 Å². The maximum Gasteiger partial charge on any atom is 0.177 e. The van der Waals surface area contributed by atoms with Crippen molar-refractivity contribution in [2.75, 3.05) is 14.2 Å². The number of hydrogen-bond donors (Lipinski definition) is 0. The fourth-order valence-electron chi connectivity index (χ4n) is 4.00. The van der Waals surface area contributed by atoms with E-state index in [1.807, 2.05) is 30.3 Å². The SMILES string of the molecule is COc1cc2c(cc1OC)C(=O)[C@@]1(CC2)Cc2ccccc2C1=O. The first-order chi connectivity index (χ1) is 11.6. The van der Waals surface area contributed by atoms with Gasteiger partial charge in [-0.15, -0.1) is 0 Å². The van der Waals surface area contributed by atoms with Crippen LogP contribution >= 0.6 is 0 Å². The van der Waals surface area contributed by atoms with Gasteiger partial charge in [-0.05, 0) is 42.5 Å². The minimum Gasteiger partial charge on any atom is -0.493 e. The Kier molecular flexibility index (Phi) is 3.23. The third-order valence-electron chi connectivity index (χ3n) is 5.30. The molecule has 0 N–H and O–H groups in total. The maximum atomic E-state index is 13.3. The van der Waals surface area contributed by atoms with Crippen LogP contribution in [0.5, 0.6) is 11.5 Å². The molecule has 2 aromatic rings. The number of fused-ring (bicyclic) bond motifs is 2. The van der Waals surface area contributed by atoms with E-state index in [9.17, 15) is 9.59 Å². The van der Waals surface area contributed by atoms with Gasteiger partial charge in [0.05, 0.1) is 14.2 Å². The second-order valence-corrected chi connectivity index (χ2v) is 6.44. The van der Waals surface area contributed by atoms with Gasteiger partial charge in [0.15, 0.2) is 23.1 Å². The molecule has 2 aliphatic carbocycles. The van der Waals surface area contributed by atoms with Gasteiger partial charge in [0.2, 0.25) is 0 Å². The predicted molar refractivity (Wildman–Crippen MR) is 89.1 cm³/mol. The Bertz CT molecular complexity index is 868. The van der Waals surface area contributed by atoms with E-state index in [0.717, 1.165) is 11.1 Å². The number of benzene rings is 2.